The number of aliphatic hydroxyl groups is 1. The highest BCUT2D eigenvalue weighted by Crippen LogP contribution is 2.36. The van der Waals surface area contributed by atoms with Crippen molar-refractivity contribution in [1.82, 2.24) is 9.80 Å². The average Bonchev–Trinajstić information content (AvgIpc) is 2.26. The second-order valence-electron chi connectivity index (χ2n) is 6.14. The van der Waals surface area contributed by atoms with Gasteiger partial charge in [0.1, 0.15) is 0 Å². The van der Waals surface area contributed by atoms with E-state index in [1.54, 1.807) is 0 Å². The number of likely N-dealkylation sites (tertiary alicyclic amines) is 1. The summed E-state index contributed by atoms with van der Waals surface area (Å²) >= 11 is 0. The Balaban J connectivity index is 1.99. The van der Waals surface area contributed by atoms with Crippen LogP contribution in [0.2, 0.25) is 0 Å². The van der Waals surface area contributed by atoms with E-state index < -0.39 is 0 Å². The molecule has 100 valence electrons. The number of nitrogens with zero attached hydrogens (tertiary/aromatic N) is 2. The van der Waals surface area contributed by atoms with Crippen LogP contribution in [0, 0.1) is 11.8 Å². The molecule has 1 heterocycles. The molecule has 1 saturated carbocycles. The summed E-state index contributed by atoms with van der Waals surface area (Å²) in [5.41, 5.74) is 0. The van der Waals surface area contributed by atoms with Crippen molar-refractivity contribution in [2.45, 2.75) is 44.8 Å². The lowest BCUT2D eigenvalue weighted by Crippen LogP contribution is -2.59. The first-order valence-corrected chi connectivity index (χ1v) is 7.20. The first-order valence-electron chi connectivity index (χ1n) is 7.20. The molecule has 2 bridgehead atoms. The summed E-state index contributed by atoms with van der Waals surface area (Å²) in [6.45, 7) is 5.69. The maximum Gasteiger partial charge on any atom is 0.0635 e. The summed E-state index contributed by atoms with van der Waals surface area (Å²) in [5, 5.41) is 10.4. The van der Waals surface area contributed by atoms with E-state index in [2.05, 4.69) is 30.8 Å². The Morgan fingerprint density at radius 3 is 2.65 bits per heavy atom. The van der Waals surface area contributed by atoms with Gasteiger partial charge in [-0.2, -0.15) is 0 Å². The summed E-state index contributed by atoms with van der Waals surface area (Å²) in [5.74, 6) is 0.996. The maximum atomic E-state index is 10.4. The predicted octanol–water partition coefficient (Wildman–Crippen LogP) is 1.42. The van der Waals surface area contributed by atoms with Gasteiger partial charge in [-0.05, 0) is 45.8 Å². The van der Waals surface area contributed by atoms with Crippen molar-refractivity contribution in [2.75, 3.05) is 33.7 Å². The third-order valence-corrected chi connectivity index (χ3v) is 4.70. The number of rotatable bonds is 4. The zero-order chi connectivity index (χ0) is 12.4. The average molecular weight is 240 g/mol. The third-order valence-electron chi connectivity index (χ3n) is 4.70. The predicted molar refractivity (Wildman–Crippen MR) is 71.0 cm³/mol. The van der Waals surface area contributed by atoms with E-state index >= 15 is 0 Å². The van der Waals surface area contributed by atoms with Crippen LogP contribution in [0.1, 0.15) is 32.6 Å². The summed E-state index contributed by atoms with van der Waals surface area (Å²) < 4.78 is 0. The standard InChI is InChI=1S/C14H28N2O/c1-4-5-8-16-9-11-6-7-13(15(2)3)12(10-16)14(11)17/h11-14,17H,4-10H2,1-3H3/t11?,12?,13-,14-/m1/s1. The molecule has 4 atom stereocenters. The van der Waals surface area contributed by atoms with Crippen molar-refractivity contribution in [3.63, 3.8) is 0 Å². The summed E-state index contributed by atoms with van der Waals surface area (Å²) in [7, 11) is 4.31. The van der Waals surface area contributed by atoms with Crippen LogP contribution in [0.25, 0.3) is 0 Å². The lowest BCUT2D eigenvalue weighted by molar-refractivity contribution is -0.0817. The van der Waals surface area contributed by atoms with Crippen LogP contribution in [0.3, 0.4) is 0 Å². The van der Waals surface area contributed by atoms with E-state index in [1.807, 2.05) is 0 Å². The fourth-order valence-corrected chi connectivity index (χ4v) is 3.69. The van der Waals surface area contributed by atoms with Gasteiger partial charge in [-0.3, -0.25) is 0 Å². The summed E-state index contributed by atoms with van der Waals surface area (Å²) in [6, 6.07) is 0.575. The van der Waals surface area contributed by atoms with Crippen molar-refractivity contribution in [3.05, 3.63) is 0 Å². The highest BCUT2D eigenvalue weighted by Gasteiger charge is 2.43. The van der Waals surface area contributed by atoms with Crippen LogP contribution < -0.4 is 0 Å². The molecule has 1 aliphatic heterocycles. The van der Waals surface area contributed by atoms with Gasteiger partial charge in [-0.15, -0.1) is 0 Å². The number of hydrogen-bond donors (Lipinski definition) is 1. The fourth-order valence-electron chi connectivity index (χ4n) is 3.69. The molecule has 0 amide bonds. The Kier molecular flexibility index (Phi) is 4.45. The highest BCUT2D eigenvalue weighted by molar-refractivity contribution is 4.97. The first-order chi connectivity index (χ1) is 8.13. The first kappa shape index (κ1) is 13.3. The molecular weight excluding hydrogens is 212 g/mol. The van der Waals surface area contributed by atoms with Gasteiger partial charge in [0, 0.05) is 25.0 Å². The summed E-state index contributed by atoms with van der Waals surface area (Å²) in [4.78, 5) is 4.90. The largest absolute Gasteiger partial charge is 0.392 e. The normalized spacial score (nSPS) is 38.6. The van der Waals surface area contributed by atoms with Crippen LogP contribution in [-0.4, -0.2) is 60.8 Å². The van der Waals surface area contributed by atoms with Crippen LogP contribution in [0.5, 0.6) is 0 Å². The van der Waals surface area contributed by atoms with Gasteiger partial charge in [-0.1, -0.05) is 13.3 Å². The van der Waals surface area contributed by atoms with E-state index in [9.17, 15) is 5.11 Å². The Bertz CT molecular complexity index is 244. The summed E-state index contributed by atoms with van der Waals surface area (Å²) in [6.07, 6.45) is 4.96. The molecule has 0 aromatic rings. The van der Waals surface area contributed by atoms with Gasteiger partial charge >= 0.3 is 0 Å². The minimum Gasteiger partial charge on any atom is -0.392 e. The zero-order valence-electron chi connectivity index (χ0n) is 11.6. The molecule has 0 radical (unpaired) electrons. The Morgan fingerprint density at radius 1 is 1.24 bits per heavy atom. The van der Waals surface area contributed by atoms with Crippen molar-refractivity contribution < 1.29 is 5.11 Å². The van der Waals surface area contributed by atoms with Crippen LogP contribution in [0.4, 0.5) is 0 Å². The van der Waals surface area contributed by atoms with E-state index in [0.717, 1.165) is 13.1 Å². The lowest BCUT2D eigenvalue weighted by atomic mass is 9.72. The molecule has 2 rings (SSSR count). The Hall–Kier alpha value is -0.120. The molecule has 2 fully saturated rings. The SMILES string of the molecule is CCCCN1CC2CC[C@@H](N(C)C)C(C1)[C@@H]2O. The molecule has 0 aromatic heterocycles. The molecule has 2 unspecified atom stereocenters. The molecule has 3 heteroatoms. The van der Waals surface area contributed by atoms with E-state index in [-0.39, 0.29) is 6.10 Å². The second kappa shape index (κ2) is 5.68. The topological polar surface area (TPSA) is 26.7 Å². The number of aliphatic hydroxyl groups excluding tert-OH is 1. The smallest absolute Gasteiger partial charge is 0.0635 e. The minimum atomic E-state index is -0.0611. The number of piperidine rings is 1. The quantitative estimate of drug-likeness (QED) is 0.805. The van der Waals surface area contributed by atoms with Gasteiger partial charge in [0.15, 0.2) is 0 Å². The van der Waals surface area contributed by atoms with Gasteiger partial charge < -0.3 is 14.9 Å². The van der Waals surface area contributed by atoms with Gasteiger partial charge in [0.05, 0.1) is 6.10 Å². The van der Waals surface area contributed by atoms with Gasteiger partial charge in [0.2, 0.25) is 0 Å². The molecule has 1 N–H and O–H groups in total. The molecular formula is C14H28N2O. The van der Waals surface area contributed by atoms with Gasteiger partial charge in [0.25, 0.3) is 0 Å². The van der Waals surface area contributed by atoms with Crippen molar-refractivity contribution >= 4 is 0 Å². The molecule has 17 heavy (non-hydrogen) atoms. The molecule has 0 spiro atoms. The van der Waals surface area contributed by atoms with Crippen molar-refractivity contribution in [1.29, 1.82) is 0 Å². The van der Waals surface area contributed by atoms with E-state index in [1.165, 1.54) is 32.2 Å². The maximum absolute atomic E-state index is 10.4. The Morgan fingerprint density at radius 2 is 2.00 bits per heavy atom. The monoisotopic (exact) mass is 240 g/mol. The lowest BCUT2D eigenvalue weighted by Gasteiger charge is -2.50. The third kappa shape index (κ3) is 2.83. The number of unbranched alkanes of at least 4 members (excludes halogenated alkanes) is 1. The van der Waals surface area contributed by atoms with Crippen molar-refractivity contribution in [2.24, 2.45) is 11.8 Å². The Labute approximate surface area is 106 Å². The van der Waals surface area contributed by atoms with E-state index in [0.29, 0.717) is 17.9 Å². The number of fused-ring (bicyclic) bond motifs is 2. The zero-order valence-corrected chi connectivity index (χ0v) is 11.6. The molecule has 0 aromatic carbocycles. The minimum absolute atomic E-state index is 0.0611. The highest BCUT2D eigenvalue weighted by atomic mass is 16.3. The van der Waals surface area contributed by atoms with Crippen molar-refractivity contribution in [3.8, 4) is 0 Å². The van der Waals surface area contributed by atoms with Crippen LogP contribution in [-0.2, 0) is 0 Å². The second-order valence-corrected chi connectivity index (χ2v) is 6.14. The molecule has 1 saturated heterocycles. The fraction of sp³-hybridized carbons (Fsp3) is 1.00. The van der Waals surface area contributed by atoms with Crippen LogP contribution in [0.15, 0.2) is 0 Å². The molecule has 1 aliphatic carbocycles. The number of hydrogen-bond acceptors (Lipinski definition) is 3. The molecule has 2 aliphatic rings. The van der Waals surface area contributed by atoms with Crippen LogP contribution >= 0.6 is 0 Å². The van der Waals surface area contributed by atoms with E-state index in [4.69, 9.17) is 0 Å². The molecule has 3 nitrogen and oxygen atoms in total. The van der Waals surface area contributed by atoms with Gasteiger partial charge in [-0.25, -0.2) is 0 Å².